The van der Waals surface area contributed by atoms with Crippen molar-refractivity contribution >= 4 is 107 Å². The number of phenolic OH excluding ortho intramolecular Hbond substituents is 1. The second kappa shape index (κ2) is 56.9. The summed E-state index contributed by atoms with van der Waals surface area (Å²) in [6, 6.07) is -19.2. The zero-order valence-corrected chi connectivity index (χ0v) is 73.1. The van der Waals surface area contributed by atoms with E-state index in [4.69, 9.17) is 28.7 Å². The molecule has 0 heterocycles. The van der Waals surface area contributed by atoms with Crippen molar-refractivity contribution in [3.63, 3.8) is 0 Å². The molecule has 0 aliphatic carbocycles. The first-order valence-corrected chi connectivity index (χ1v) is 41.9. The van der Waals surface area contributed by atoms with E-state index in [1.807, 2.05) is 5.32 Å². The van der Waals surface area contributed by atoms with Gasteiger partial charge in [-0.05, 0) is 165 Å². The van der Waals surface area contributed by atoms with Gasteiger partial charge in [-0.1, -0.05) is 94.2 Å². The highest BCUT2D eigenvalue weighted by atomic mass is 16.4. The monoisotopic (exact) mass is 1760 g/mol. The first-order chi connectivity index (χ1) is 58.0. The molecule has 0 spiro atoms. The Morgan fingerprint density at radius 3 is 0.952 bits per heavy atom. The highest BCUT2D eigenvalue weighted by Crippen LogP contribution is 2.19. The lowest BCUT2D eigenvalue weighted by molar-refractivity contribution is -0.144. The lowest BCUT2D eigenvalue weighted by atomic mass is 9.95. The van der Waals surface area contributed by atoms with E-state index in [1.165, 1.54) is 32.9 Å². The van der Waals surface area contributed by atoms with Gasteiger partial charge in [0.1, 0.15) is 90.3 Å². The van der Waals surface area contributed by atoms with Gasteiger partial charge in [-0.25, -0.2) is 4.79 Å². The van der Waals surface area contributed by atoms with E-state index >= 15 is 0 Å². The number of carboxylic acid groups (broad SMARTS) is 3. The first kappa shape index (κ1) is 111. The van der Waals surface area contributed by atoms with Crippen LogP contribution < -0.4 is 103 Å². The van der Waals surface area contributed by atoms with Crippen molar-refractivity contribution in [1.82, 2.24) is 74.4 Å². The second-order valence-electron chi connectivity index (χ2n) is 32.3. The largest absolute Gasteiger partial charge is 0.508 e. The molecule has 1 aromatic rings. The summed E-state index contributed by atoms with van der Waals surface area (Å²) in [5.41, 5.74) is 29.4. The molecule has 0 aliphatic heterocycles. The van der Waals surface area contributed by atoms with E-state index in [0.29, 0.717) is 31.2 Å². The number of aliphatic carboxylic acids is 3. The smallest absolute Gasteiger partial charge is 0.326 e. The summed E-state index contributed by atoms with van der Waals surface area (Å²) in [4.78, 5) is 247. The van der Waals surface area contributed by atoms with Crippen molar-refractivity contribution in [1.29, 1.82) is 0 Å². The highest BCUT2D eigenvalue weighted by molar-refractivity contribution is 6.02. The van der Waals surface area contributed by atoms with Crippen LogP contribution in [0.5, 0.6) is 5.75 Å². The van der Waals surface area contributed by atoms with Crippen LogP contribution in [0.15, 0.2) is 24.3 Å². The number of carbonyl (C=O) groups is 18. The maximum Gasteiger partial charge on any atom is 0.326 e. The van der Waals surface area contributed by atoms with Crippen LogP contribution in [0.2, 0.25) is 0 Å². The van der Waals surface area contributed by atoms with Crippen molar-refractivity contribution in [3.05, 3.63) is 29.8 Å². The third-order valence-corrected chi connectivity index (χ3v) is 20.4. The Morgan fingerprint density at radius 1 is 0.339 bits per heavy atom. The number of phenols is 1. The Bertz CT molecular complexity index is 3700. The predicted molar refractivity (Wildman–Crippen MR) is 449 cm³/mol. The van der Waals surface area contributed by atoms with E-state index in [-0.39, 0.29) is 83.2 Å². The summed E-state index contributed by atoms with van der Waals surface area (Å²) in [7, 11) is 0. The lowest BCUT2D eigenvalue weighted by Gasteiger charge is -2.31. The predicted octanol–water partition coefficient (Wildman–Crippen LogP) is -5.67. The SMILES string of the molecule is CC[C@H](C)[C@H](NC(=O)[C@H](CC(C)C)NC(=O)[C@@H](NC(=O)[C@H](CCCCN)NC(=O)[C@@H](NC(=O)[C@H](CC(=O)O)NC(=O)[C@H](CC(=O)O)NC(=O)[C@H](CCC(N)=O)NC(=O)[C@@H](NC(=O)[C@H](CCCCN)NC(=O)[C@@H](N)Cc1ccc(O)cc1)C(C)C)[C@@H](C)O)[C@@H](C)O)C(=O)N[C@@H](CCCCN)C(=O)N[C@H](C(=O)N[C@H](C(=O)N[C@H](C(=O)O)C(C)C)[C@@H](C)CC)[C@@H](C)O. The molecule has 15 amide bonds. The number of nitrogens with one attached hydrogen (secondary N) is 14. The first-order valence-electron chi connectivity index (χ1n) is 41.9. The maximum atomic E-state index is 14.6. The van der Waals surface area contributed by atoms with Gasteiger partial charge in [0.2, 0.25) is 88.6 Å². The number of hydrogen-bond donors (Lipinski definition) is 26. The third kappa shape index (κ3) is 40.2. The number of amides is 15. The molecule has 0 bridgehead atoms. The van der Waals surface area contributed by atoms with E-state index in [9.17, 15) is 122 Å². The minimum absolute atomic E-state index is 0.00204. The van der Waals surface area contributed by atoms with Crippen molar-refractivity contribution in [3.8, 4) is 5.75 Å². The maximum absolute atomic E-state index is 14.6. The molecule has 0 unspecified atom stereocenters. The summed E-state index contributed by atoms with van der Waals surface area (Å²) >= 11 is 0. The molecule has 31 N–H and O–H groups in total. The van der Waals surface area contributed by atoms with Gasteiger partial charge in [-0.15, -0.1) is 0 Å². The number of carboxylic acids is 3. The average molecular weight is 1770 g/mol. The fourth-order valence-electron chi connectivity index (χ4n) is 12.6. The molecule has 1 rings (SSSR count). The zero-order chi connectivity index (χ0) is 94.7. The molecule has 124 heavy (non-hydrogen) atoms. The Hall–Kier alpha value is -10.8. The number of unbranched alkanes of at least 4 members (excludes halogenated alkanes) is 3. The number of aromatic hydroxyl groups is 1. The summed E-state index contributed by atoms with van der Waals surface area (Å²) in [6.07, 6.45) is -7.56. The summed E-state index contributed by atoms with van der Waals surface area (Å²) in [5.74, 6) is -24.5. The molecule has 0 radical (unpaired) electrons. The summed E-state index contributed by atoms with van der Waals surface area (Å²) < 4.78 is 0. The molecular formula is C80H137N19O25. The molecule has 0 saturated carbocycles. The lowest BCUT2D eigenvalue weighted by Crippen LogP contribution is -2.63. The van der Waals surface area contributed by atoms with Crippen LogP contribution in [-0.4, -0.2) is 271 Å². The van der Waals surface area contributed by atoms with Gasteiger partial charge < -0.3 is 139 Å². The number of nitrogens with two attached hydrogens (primary N) is 5. The normalized spacial score (nSPS) is 16.2. The molecule has 44 heteroatoms. The van der Waals surface area contributed by atoms with Gasteiger partial charge in [-0.2, -0.15) is 0 Å². The highest BCUT2D eigenvalue weighted by Gasteiger charge is 2.42. The van der Waals surface area contributed by atoms with Crippen LogP contribution in [0.25, 0.3) is 0 Å². The summed E-state index contributed by atoms with van der Waals surface area (Å²) in [6.45, 7) is 19.8. The van der Waals surface area contributed by atoms with Crippen LogP contribution >= 0.6 is 0 Å². The fraction of sp³-hybridized carbons (Fsp3) is 0.700. The van der Waals surface area contributed by atoms with Crippen LogP contribution in [0, 0.1) is 29.6 Å². The van der Waals surface area contributed by atoms with Crippen LogP contribution in [-0.2, 0) is 92.7 Å². The Balaban J connectivity index is 3.66. The average Bonchev–Trinajstić information content (AvgIpc) is 0.848. The topological polar surface area (TPSA) is 747 Å². The molecule has 0 aliphatic rings. The number of carbonyl (C=O) groups excluding carboxylic acids is 15. The van der Waals surface area contributed by atoms with Crippen molar-refractivity contribution in [2.45, 2.75) is 308 Å². The molecule has 0 aromatic heterocycles. The Kier molecular flexibility index (Phi) is 51.0. The quantitative estimate of drug-likeness (QED) is 0.0270. The zero-order valence-electron chi connectivity index (χ0n) is 73.1. The minimum Gasteiger partial charge on any atom is -0.508 e. The molecule has 0 saturated heterocycles. The second-order valence-corrected chi connectivity index (χ2v) is 32.3. The number of rotatable bonds is 61. The van der Waals surface area contributed by atoms with E-state index in [0.717, 1.165) is 13.8 Å². The number of primary amides is 1. The van der Waals surface area contributed by atoms with Gasteiger partial charge in [-0.3, -0.25) is 81.5 Å². The van der Waals surface area contributed by atoms with Crippen molar-refractivity contribution < 1.29 is 122 Å². The molecule has 702 valence electrons. The van der Waals surface area contributed by atoms with Crippen LogP contribution in [0.1, 0.15) is 198 Å². The van der Waals surface area contributed by atoms with Gasteiger partial charge >= 0.3 is 17.9 Å². The van der Waals surface area contributed by atoms with E-state index < -0.39 is 271 Å². The summed E-state index contributed by atoms with van der Waals surface area (Å²) in [5, 5.41) is 106. The van der Waals surface area contributed by atoms with Gasteiger partial charge in [0.25, 0.3) is 0 Å². The molecule has 44 nitrogen and oxygen atoms in total. The number of benzene rings is 1. The third-order valence-electron chi connectivity index (χ3n) is 20.4. The Morgan fingerprint density at radius 2 is 0.613 bits per heavy atom. The molecule has 0 fully saturated rings. The number of aliphatic hydroxyl groups excluding tert-OH is 3. The van der Waals surface area contributed by atoms with Crippen LogP contribution in [0.4, 0.5) is 0 Å². The molecular weight excluding hydrogens is 1630 g/mol. The standard InChI is InChI=1S/C80H137N19O25/c1-14-41(9)61(75(118)87-50(23-17-20-32-82)69(112)98-65(45(13)102)79(122)96-62(42(10)15-2)76(119)94-60(40(7)8)80(123)124)95-72(115)53(34-38(3)4)92-78(121)64(44(12)101)97-70(113)51(24-18-21-33-83)88-77(120)63(43(11)100)99-73(116)55(37-58(107)108)91-71(114)54(36-57(105)106)90-67(110)52(29-30-56(85)104)89-74(117)59(39(5)6)93-68(111)49(22-16-19-31-81)86-66(109)48(84)35-46-25-27-47(103)28-26-46/h25-28,38-45,48-55,59-65,100-103H,14-24,29-37,81-84H2,1-13H3,(H2,85,104)(H,86,109)(H,87,118)(H,88,120)(H,89,117)(H,90,110)(H,91,114)(H,92,121)(H,93,111)(H,94,119)(H,95,115)(H,96,122)(H,97,113)(H,98,112)(H,99,116)(H,105,106)(H,107,108)(H,123,124)/t41-,42-,43+,44+,45+,48-,49-,50-,51-,52-,53-,54-,55-,59-,60-,61-,62-,63-,64-,65-/m0/s1. The number of hydrogen-bond acceptors (Lipinski definition) is 26. The van der Waals surface area contributed by atoms with Gasteiger partial charge in [0, 0.05) is 6.42 Å². The van der Waals surface area contributed by atoms with E-state index in [1.54, 1.807) is 67.5 Å². The molecule has 20 atom stereocenters. The van der Waals surface area contributed by atoms with E-state index in [2.05, 4.69) is 69.1 Å². The number of aliphatic hydroxyl groups is 3. The van der Waals surface area contributed by atoms with Gasteiger partial charge in [0.05, 0.1) is 37.2 Å². The Labute approximate surface area is 721 Å². The fourth-order valence-corrected chi connectivity index (χ4v) is 12.6. The van der Waals surface area contributed by atoms with Crippen LogP contribution in [0.3, 0.4) is 0 Å². The van der Waals surface area contributed by atoms with Gasteiger partial charge in [0.15, 0.2) is 0 Å². The molecule has 1 aromatic carbocycles. The van der Waals surface area contributed by atoms with Crippen molar-refractivity contribution in [2.75, 3.05) is 19.6 Å². The minimum atomic E-state index is -2.28. The van der Waals surface area contributed by atoms with Crippen molar-refractivity contribution in [2.24, 2.45) is 58.3 Å².